The van der Waals surface area contributed by atoms with E-state index >= 15 is 0 Å². The number of nitrogens with one attached hydrogen (secondary N) is 2. The van der Waals surface area contributed by atoms with Gasteiger partial charge >= 0.3 is 12.0 Å². The number of hydrogen-bond donors (Lipinski definition) is 3. The minimum atomic E-state index is -1.11. The standard InChI is InChI=1S/C12H19N3O4S/c1-20-12(3-2-4-12)7-14-11(19)15-6-9(16)13-5-8(15)10(17)18/h8H,2-7H2,1H3,(H,13,16)(H,14,19)(H,17,18). The van der Waals surface area contributed by atoms with Crippen molar-refractivity contribution < 1.29 is 19.5 Å². The lowest BCUT2D eigenvalue weighted by atomic mass is 9.84. The molecule has 0 spiro atoms. The highest BCUT2D eigenvalue weighted by atomic mass is 32.2. The maximum absolute atomic E-state index is 12.1. The average Bonchev–Trinajstić information content (AvgIpc) is 2.37. The number of carbonyl (C=O) groups is 3. The van der Waals surface area contributed by atoms with E-state index in [9.17, 15) is 14.4 Å². The maximum Gasteiger partial charge on any atom is 0.328 e. The van der Waals surface area contributed by atoms with Crippen molar-refractivity contribution >= 4 is 29.7 Å². The lowest BCUT2D eigenvalue weighted by Gasteiger charge is -2.41. The Kier molecular flexibility index (Phi) is 4.42. The van der Waals surface area contributed by atoms with E-state index in [1.165, 1.54) is 0 Å². The van der Waals surface area contributed by atoms with Crippen LogP contribution in [0, 0.1) is 0 Å². The molecule has 0 bridgehead atoms. The van der Waals surface area contributed by atoms with E-state index in [4.69, 9.17) is 5.11 Å². The molecule has 2 fully saturated rings. The molecule has 1 saturated heterocycles. The third-order valence-electron chi connectivity index (χ3n) is 3.99. The minimum Gasteiger partial charge on any atom is -0.480 e. The van der Waals surface area contributed by atoms with Crippen molar-refractivity contribution in [2.45, 2.75) is 30.1 Å². The average molecular weight is 301 g/mol. The molecule has 0 aromatic carbocycles. The second kappa shape index (κ2) is 5.90. The van der Waals surface area contributed by atoms with Gasteiger partial charge in [0.15, 0.2) is 0 Å². The molecule has 1 heterocycles. The van der Waals surface area contributed by atoms with Gasteiger partial charge in [-0.15, -0.1) is 0 Å². The first-order valence-corrected chi connectivity index (χ1v) is 7.79. The van der Waals surface area contributed by atoms with E-state index < -0.39 is 18.0 Å². The first-order valence-electron chi connectivity index (χ1n) is 6.56. The van der Waals surface area contributed by atoms with Crippen LogP contribution < -0.4 is 10.6 Å². The molecule has 20 heavy (non-hydrogen) atoms. The van der Waals surface area contributed by atoms with Crippen LogP contribution in [0.4, 0.5) is 4.79 Å². The highest BCUT2D eigenvalue weighted by Gasteiger charge is 2.39. The number of hydrogen-bond acceptors (Lipinski definition) is 4. The van der Waals surface area contributed by atoms with Crippen LogP contribution in [0.25, 0.3) is 0 Å². The van der Waals surface area contributed by atoms with Crippen LogP contribution in [-0.4, -0.2) is 64.6 Å². The lowest BCUT2D eigenvalue weighted by Crippen LogP contribution is -2.62. The van der Waals surface area contributed by atoms with Crippen LogP contribution in [0.5, 0.6) is 0 Å². The van der Waals surface area contributed by atoms with Gasteiger partial charge in [0, 0.05) is 17.8 Å². The van der Waals surface area contributed by atoms with Crippen molar-refractivity contribution in [2.24, 2.45) is 0 Å². The highest BCUT2D eigenvalue weighted by Crippen LogP contribution is 2.42. The molecule has 1 aliphatic carbocycles. The van der Waals surface area contributed by atoms with Gasteiger partial charge in [-0.2, -0.15) is 11.8 Å². The third kappa shape index (κ3) is 3.00. The van der Waals surface area contributed by atoms with Crippen LogP contribution in [0.15, 0.2) is 0 Å². The fourth-order valence-corrected chi connectivity index (χ4v) is 3.35. The summed E-state index contributed by atoms with van der Waals surface area (Å²) in [6.45, 7) is 0.252. The van der Waals surface area contributed by atoms with Crippen LogP contribution in [0.2, 0.25) is 0 Å². The van der Waals surface area contributed by atoms with Gasteiger partial charge in [0.25, 0.3) is 0 Å². The zero-order valence-electron chi connectivity index (χ0n) is 11.3. The molecule has 1 aliphatic heterocycles. The molecule has 1 unspecified atom stereocenters. The largest absolute Gasteiger partial charge is 0.480 e. The van der Waals surface area contributed by atoms with Gasteiger partial charge in [0.1, 0.15) is 12.6 Å². The summed E-state index contributed by atoms with van der Waals surface area (Å²) in [5, 5.41) is 14.3. The molecule has 8 heteroatoms. The molecule has 0 aromatic heterocycles. The summed E-state index contributed by atoms with van der Waals surface area (Å²) in [4.78, 5) is 35.7. The first-order chi connectivity index (χ1) is 9.47. The number of aliphatic carboxylic acids is 1. The number of urea groups is 1. The maximum atomic E-state index is 12.1. The second-order valence-electron chi connectivity index (χ2n) is 5.19. The quantitative estimate of drug-likeness (QED) is 0.671. The number of carbonyl (C=O) groups excluding carboxylic acids is 2. The molecule has 2 aliphatic rings. The smallest absolute Gasteiger partial charge is 0.328 e. The molecule has 0 radical (unpaired) electrons. The lowest BCUT2D eigenvalue weighted by molar-refractivity contribution is -0.144. The van der Waals surface area contributed by atoms with Crippen LogP contribution in [0.3, 0.4) is 0 Å². The number of thioether (sulfide) groups is 1. The van der Waals surface area contributed by atoms with Crippen LogP contribution >= 0.6 is 11.8 Å². The molecule has 3 amide bonds. The number of amides is 3. The van der Waals surface area contributed by atoms with E-state index in [-0.39, 0.29) is 23.7 Å². The molecule has 112 valence electrons. The molecule has 1 atom stereocenters. The van der Waals surface area contributed by atoms with Crippen molar-refractivity contribution in [1.29, 1.82) is 0 Å². The Labute approximate surface area is 121 Å². The summed E-state index contributed by atoms with van der Waals surface area (Å²) in [7, 11) is 0. The first kappa shape index (κ1) is 15.0. The Hall–Kier alpha value is -1.44. The number of carboxylic acids is 1. The Morgan fingerprint density at radius 2 is 2.25 bits per heavy atom. The van der Waals surface area contributed by atoms with E-state index in [0.717, 1.165) is 24.2 Å². The fraction of sp³-hybridized carbons (Fsp3) is 0.750. The van der Waals surface area contributed by atoms with Crippen molar-refractivity contribution in [1.82, 2.24) is 15.5 Å². The van der Waals surface area contributed by atoms with E-state index in [2.05, 4.69) is 10.6 Å². The Bertz CT molecular complexity index is 419. The van der Waals surface area contributed by atoms with Gasteiger partial charge in [-0.25, -0.2) is 9.59 Å². The Morgan fingerprint density at radius 3 is 2.75 bits per heavy atom. The zero-order chi connectivity index (χ0) is 14.8. The monoisotopic (exact) mass is 301 g/mol. The molecule has 7 nitrogen and oxygen atoms in total. The molecule has 0 aromatic rings. The fourth-order valence-electron chi connectivity index (χ4n) is 2.44. The molecular weight excluding hydrogens is 282 g/mol. The van der Waals surface area contributed by atoms with Crippen molar-refractivity contribution in [3.05, 3.63) is 0 Å². The van der Waals surface area contributed by atoms with Gasteiger partial charge in [0.05, 0.1) is 0 Å². The van der Waals surface area contributed by atoms with E-state index in [0.29, 0.717) is 6.54 Å². The zero-order valence-corrected chi connectivity index (χ0v) is 12.2. The summed E-state index contributed by atoms with van der Waals surface area (Å²) >= 11 is 1.73. The predicted octanol–water partition coefficient (Wildman–Crippen LogP) is -0.133. The predicted molar refractivity (Wildman–Crippen MR) is 74.6 cm³/mol. The van der Waals surface area contributed by atoms with Gasteiger partial charge in [-0.1, -0.05) is 6.42 Å². The van der Waals surface area contributed by atoms with Gasteiger partial charge in [0.2, 0.25) is 5.91 Å². The normalized spacial score (nSPS) is 24.6. The number of carboxylic acid groups (broad SMARTS) is 1. The summed E-state index contributed by atoms with van der Waals surface area (Å²) in [5.41, 5.74) is 0. The summed E-state index contributed by atoms with van der Waals surface area (Å²) in [6, 6.07) is -1.48. The van der Waals surface area contributed by atoms with E-state index in [1.54, 1.807) is 11.8 Å². The molecule has 3 N–H and O–H groups in total. The Balaban J connectivity index is 1.95. The topological polar surface area (TPSA) is 98.7 Å². The van der Waals surface area contributed by atoms with Gasteiger partial charge in [-0.05, 0) is 19.1 Å². The van der Waals surface area contributed by atoms with E-state index in [1.807, 2.05) is 6.26 Å². The number of piperazine rings is 1. The highest BCUT2D eigenvalue weighted by molar-refractivity contribution is 8.00. The van der Waals surface area contributed by atoms with Gasteiger partial charge in [-0.3, -0.25) is 9.69 Å². The SMILES string of the molecule is CSC1(CNC(=O)N2CC(=O)NCC2C(=O)O)CCC1. The Morgan fingerprint density at radius 1 is 1.55 bits per heavy atom. The summed E-state index contributed by atoms with van der Waals surface area (Å²) in [5.74, 6) is -1.44. The summed E-state index contributed by atoms with van der Waals surface area (Å²) in [6.07, 6.45) is 5.27. The van der Waals surface area contributed by atoms with Crippen molar-refractivity contribution in [3.8, 4) is 0 Å². The molecule has 1 saturated carbocycles. The summed E-state index contributed by atoms with van der Waals surface area (Å²) < 4.78 is 0.0758. The molecular formula is C12H19N3O4S. The second-order valence-corrected chi connectivity index (χ2v) is 6.46. The number of rotatable bonds is 4. The van der Waals surface area contributed by atoms with Crippen molar-refractivity contribution in [3.63, 3.8) is 0 Å². The number of nitrogens with zero attached hydrogens (tertiary/aromatic N) is 1. The minimum absolute atomic E-state index is 0.0464. The third-order valence-corrected chi connectivity index (χ3v) is 5.41. The molecule has 2 rings (SSSR count). The van der Waals surface area contributed by atoms with Crippen molar-refractivity contribution in [2.75, 3.05) is 25.9 Å². The van der Waals surface area contributed by atoms with Crippen LogP contribution in [0.1, 0.15) is 19.3 Å². The van der Waals surface area contributed by atoms with Crippen LogP contribution in [-0.2, 0) is 9.59 Å². The van der Waals surface area contributed by atoms with Gasteiger partial charge < -0.3 is 15.7 Å².